The molecule has 0 bridgehead atoms. The number of aromatic nitrogens is 3. The summed E-state index contributed by atoms with van der Waals surface area (Å²) in [5.41, 5.74) is 1.24. The van der Waals surface area contributed by atoms with E-state index in [-0.39, 0.29) is 11.9 Å². The largest absolute Gasteiger partial charge is 0.490 e. The maximum atomic E-state index is 14.9. The van der Waals surface area contributed by atoms with Crippen molar-refractivity contribution < 1.29 is 23.8 Å². The van der Waals surface area contributed by atoms with E-state index in [1.54, 1.807) is 26.1 Å². The SMILES string of the molecule is CCOc1ccccc1O[C@@H]1CCCN(c2cncc(Nc3nc(-c4cccc(CC(C)(C)C(=O)O)c4)ccc3F)n2)C1. The Labute approximate surface area is 250 Å². The second-order valence-electron chi connectivity index (χ2n) is 11.2. The number of carboxylic acid groups (broad SMARTS) is 1. The van der Waals surface area contributed by atoms with E-state index in [0.717, 1.165) is 42.0 Å². The van der Waals surface area contributed by atoms with Gasteiger partial charge >= 0.3 is 5.97 Å². The lowest BCUT2D eigenvalue weighted by Gasteiger charge is -2.33. The second-order valence-corrected chi connectivity index (χ2v) is 11.2. The van der Waals surface area contributed by atoms with Crippen molar-refractivity contribution >= 4 is 23.4 Å². The van der Waals surface area contributed by atoms with Crippen molar-refractivity contribution in [2.24, 2.45) is 5.41 Å². The molecule has 0 unspecified atom stereocenters. The Balaban J connectivity index is 1.30. The van der Waals surface area contributed by atoms with E-state index in [0.29, 0.717) is 36.9 Å². The summed E-state index contributed by atoms with van der Waals surface area (Å²) < 4.78 is 26.9. The first kappa shape index (κ1) is 29.8. The van der Waals surface area contributed by atoms with E-state index in [4.69, 9.17) is 14.5 Å². The number of halogens is 1. The summed E-state index contributed by atoms with van der Waals surface area (Å²) in [6.45, 7) is 7.29. The van der Waals surface area contributed by atoms with Crippen LogP contribution < -0.4 is 19.7 Å². The van der Waals surface area contributed by atoms with Crippen molar-refractivity contribution in [3.05, 3.63) is 84.4 Å². The predicted octanol–water partition coefficient (Wildman–Crippen LogP) is 6.52. The van der Waals surface area contributed by atoms with Gasteiger partial charge in [0.2, 0.25) is 0 Å². The molecule has 1 atom stereocenters. The zero-order valence-electron chi connectivity index (χ0n) is 24.6. The van der Waals surface area contributed by atoms with Gasteiger partial charge in [-0.15, -0.1) is 0 Å². The molecule has 9 nitrogen and oxygen atoms in total. The number of rotatable bonds is 11. The lowest BCUT2D eigenvalue weighted by Crippen LogP contribution is -2.41. The van der Waals surface area contributed by atoms with E-state index < -0.39 is 17.2 Å². The molecule has 0 amide bonds. The fourth-order valence-corrected chi connectivity index (χ4v) is 5.05. The molecule has 10 heteroatoms. The number of hydrogen-bond donors (Lipinski definition) is 2. The van der Waals surface area contributed by atoms with Crippen LogP contribution in [0.25, 0.3) is 11.3 Å². The molecule has 0 spiro atoms. The number of nitrogens with one attached hydrogen (secondary N) is 1. The molecule has 1 aliphatic heterocycles. The Hall–Kier alpha value is -4.73. The fourth-order valence-electron chi connectivity index (χ4n) is 5.05. The molecule has 1 fully saturated rings. The van der Waals surface area contributed by atoms with Gasteiger partial charge in [0.25, 0.3) is 0 Å². The van der Waals surface area contributed by atoms with Crippen molar-refractivity contribution in [3.63, 3.8) is 0 Å². The molecule has 4 aromatic rings. The Bertz CT molecular complexity index is 1580. The zero-order valence-corrected chi connectivity index (χ0v) is 24.6. The van der Waals surface area contributed by atoms with Gasteiger partial charge in [-0.25, -0.2) is 14.4 Å². The quantitative estimate of drug-likeness (QED) is 0.203. The molecular formula is C33H36FN5O4. The van der Waals surface area contributed by atoms with Crippen LogP contribution in [0, 0.1) is 11.2 Å². The van der Waals surface area contributed by atoms with E-state index in [2.05, 4.69) is 20.2 Å². The highest BCUT2D eigenvalue weighted by Crippen LogP contribution is 2.31. The molecule has 5 rings (SSSR count). The number of hydrogen-bond acceptors (Lipinski definition) is 8. The third-order valence-corrected chi connectivity index (χ3v) is 7.31. The molecule has 224 valence electrons. The van der Waals surface area contributed by atoms with Crippen LogP contribution in [0.15, 0.2) is 73.1 Å². The smallest absolute Gasteiger partial charge is 0.309 e. The number of aliphatic carboxylic acids is 1. The molecule has 0 aliphatic carbocycles. The van der Waals surface area contributed by atoms with Crippen LogP contribution in [0.3, 0.4) is 0 Å². The Morgan fingerprint density at radius 1 is 1.09 bits per heavy atom. The molecule has 3 heterocycles. The summed E-state index contributed by atoms with van der Waals surface area (Å²) in [7, 11) is 0. The van der Waals surface area contributed by atoms with E-state index in [9.17, 15) is 14.3 Å². The number of para-hydroxylation sites is 2. The van der Waals surface area contributed by atoms with Crippen molar-refractivity contribution in [3.8, 4) is 22.8 Å². The van der Waals surface area contributed by atoms with Crippen molar-refractivity contribution in [2.45, 2.75) is 46.1 Å². The van der Waals surface area contributed by atoms with Crippen LogP contribution in [-0.2, 0) is 11.2 Å². The van der Waals surface area contributed by atoms with Crippen LogP contribution in [-0.4, -0.2) is 51.8 Å². The van der Waals surface area contributed by atoms with Gasteiger partial charge in [-0.05, 0) is 75.9 Å². The standard InChI is InChI=1S/C33H36FN5O4/c1-4-42-27-12-5-6-13-28(27)43-24-11-8-16-39(21-24)30-20-35-19-29(37-30)38-31-25(34)14-15-26(36-31)23-10-7-9-22(17-23)18-33(2,3)32(40)41/h5-7,9-10,12-15,17,19-20,24H,4,8,11,16,18,21H2,1-3H3,(H,40,41)(H,36,37,38)/t24-/m1/s1. The first-order valence-electron chi connectivity index (χ1n) is 14.4. The Kier molecular flexibility index (Phi) is 9.04. The highest BCUT2D eigenvalue weighted by molar-refractivity contribution is 5.74. The molecule has 0 radical (unpaired) electrons. The van der Waals surface area contributed by atoms with Gasteiger partial charge in [-0.3, -0.25) is 9.78 Å². The van der Waals surface area contributed by atoms with Crippen LogP contribution >= 0.6 is 0 Å². The van der Waals surface area contributed by atoms with Crippen molar-refractivity contribution in [1.82, 2.24) is 15.0 Å². The van der Waals surface area contributed by atoms with Crippen LogP contribution in [0.4, 0.5) is 21.8 Å². The van der Waals surface area contributed by atoms with Gasteiger partial charge in [0.1, 0.15) is 11.9 Å². The third kappa shape index (κ3) is 7.38. The first-order valence-corrected chi connectivity index (χ1v) is 14.4. The molecule has 1 aliphatic rings. The van der Waals surface area contributed by atoms with Crippen LogP contribution in [0.2, 0.25) is 0 Å². The maximum Gasteiger partial charge on any atom is 0.309 e. The highest BCUT2D eigenvalue weighted by Gasteiger charge is 2.27. The van der Waals surface area contributed by atoms with E-state index in [1.807, 2.05) is 55.5 Å². The molecule has 2 aromatic heterocycles. The summed E-state index contributed by atoms with van der Waals surface area (Å²) in [5, 5.41) is 12.5. The molecule has 43 heavy (non-hydrogen) atoms. The number of anilines is 3. The number of carboxylic acids is 1. The number of benzene rings is 2. The molecule has 1 saturated heterocycles. The predicted molar refractivity (Wildman–Crippen MR) is 164 cm³/mol. The minimum absolute atomic E-state index is 0.0209. The molecular weight excluding hydrogens is 549 g/mol. The zero-order chi connectivity index (χ0) is 30.4. The average Bonchev–Trinajstić information content (AvgIpc) is 2.99. The Morgan fingerprint density at radius 2 is 1.91 bits per heavy atom. The van der Waals surface area contributed by atoms with E-state index >= 15 is 0 Å². The number of nitrogens with zero attached hydrogens (tertiary/aromatic N) is 4. The number of piperidine rings is 1. The van der Waals surface area contributed by atoms with Gasteiger partial charge < -0.3 is 24.8 Å². The number of pyridine rings is 1. The maximum absolute atomic E-state index is 14.9. The number of carbonyl (C=O) groups is 1. The minimum Gasteiger partial charge on any atom is -0.490 e. The van der Waals surface area contributed by atoms with E-state index in [1.165, 1.54) is 12.3 Å². The molecule has 2 N–H and O–H groups in total. The summed E-state index contributed by atoms with van der Waals surface area (Å²) in [6.07, 6.45) is 5.34. The summed E-state index contributed by atoms with van der Waals surface area (Å²) >= 11 is 0. The molecule has 2 aromatic carbocycles. The number of ether oxygens (including phenoxy) is 2. The summed E-state index contributed by atoms with van der Waals surface area (Å²) in [5.74, 6) is 1.08. The summed E-state index contributed by atoms with van der Waals surface area (Å²) in [6, 6.07) is 18.1. The van der Waals surface area contributed by atoms with Gasteiger partial charge in [0.15, 0.2) is 29.0 Å². The lowest BCUT2D eigenvalue weighted by atomic mass is 9.85. The lowest BCUT2D eigenvalue weighted by molar-refractivity contribution is -0.146. The minimum atomic E-state index is -0.917. The van der Waals surface area contributed by atoms with Gasteiger partial charge in [0.05, 0.1) is 36.7 Å². The summed E-state index contributed by atoms with van der Waals surface area (Å²) in [4.78, 5) is 27.3. The van der Waals surface area contributed by atoms with Crippen LogP contribution in [0.1, 0.15) is 39.2 Å². The van der Waals surface area contributed by atoms with Crippen molar-refractivity contribution in [2.75, 3.05) is 29.9 Å². The van der Waals surface area contributed by atoms with Crippen LogP contribution in [0.5, 0.6) is 11.5 Å². The van der Waals surface area contributed by atoms with Gasteiger partial charge in [-0.1, -0.05) is 30.3 Å². The second kappa shape index (κ2) is 13.1. The highest BCUT2D eigenvalue weighted by atomic mass is 19.1. The molecule has 0 saturated carbocycles. The fraction of sp³-hybridized carbons (Fsp3) is 0.333. The van der Waals surface area contributed by atoms with Crippen molar-refractivity contribution in [1.29, 1.82) is 0 Å². The van der Waals surface area contributed by atoms with Gasteiger partial charge in [0, 0.05) is 12.1 Å². The normalized spacial score (nSPS) is 15.2. The Morgan fingerprint density at radius 3 is 2.70 bits per heavy atom. The monoisotopic (exact) mass is 585 g/mol. The average molecular weight is 586 g/mol. The third-order valence-electron chi connectivity index (χ3n) is 7.31. The first-order chi connectivity index (χ1) is 20.7. The topological polar surface area (TPSA) is 110 Å². The van der Waals surface area contributed by atoms with Gasteiger partial charge in [-0.2, -0.15) is 0 Å².